The molecule has 0 aliphatic rings. The van der Waals surface area contributed by atoms with E-state index >= 15 is 0 Å². The van der Waals surface area contributed by atoms with Crippen LogP contribution in [-0.2, 0) is 6.42 Å². The van der Waals surface area contributed by atoms with E-state index < -0.39 is 5.91 Å². The van der Waals surface area contributed by atoms with Crippen LogP contribution in [0.1, 0.15) is 28.7 Å². The smallest absolute Gasteiger partial charge is 0.293 e. The van der Waals surface area contributed by atoms with Crippen molar-refractivity contribution in [3.63, 3.8) is 0 Å². The number of rotatable bonds is 5. The predicted octanol–water partition coefficient (Wildman–Crippen LogP) is 0.264. The van der Waals surface area contributed by atoms with Crippen LogP contribution in [0.5, 0.6) is 5.75 Å². The van der Waals surface area contributed by atoms with E-state index in [0.717, 1.165) is 0 Å². The number of aromatic nitrogens is 5. The number of carbonyl (C=O) groups is 1. The second-order valence-electron chi connectivity index (χ2n) is 4.91. The van der Waals surface area contributed by atoms with E-state index in [9.17, 15) is 9.90 Å². The van der Waals surface area contributed by atoms with Gasteiger partial charge in [0.1, 0.15) is 5.75 Å². The van der Waals surface area contributed by atoms with Crippen LogP contribution < -0.4 is 11.2 Å². The van der Waals surface area contributed by atoms with Gasteiger partial charge in [0.2, 0.25) is 11.6 Å². The maximum Gasteiger partial charge on any atom is 0.293 e. The van der Waals surface area contributed by atoms with Gasteiger partial charge in [-0.2, -0.15) is 9.78 Å². The molecule has 0 spiro atoms. The van der Waals surface area contributed by atoms with Crippen molar-refractivity contribution in [3.8, 4) is 11.6 Å². The molecule has 3 aromatic rings. The number of hydrazone groups is 1. The van der Waals surface area contributed by atoms with Crippen LogP contribution in [0, 0.1) is 0 Å². The van der Waals surface area contributed by atoms with Gasteiger partial charge in [0.05, 0.1) is 11.9 Å². The first kappa shape index (κ1) is 16.1. The highest BCUT2D eigenvalue weighted by Gasteiger charge is 2.22. The molecule has 11 heteroatoms. The second-order valence-corrected chi connectivity index (χ2v) is 4.91. The summed E-state index contributed by atoms with van der Waals surface area (Å²) in [5.74, 6) is -0.187. The number of phenols is 1. The van der Waals surface area contributed by atoms with Crippen LogP contribution >= 0.6 is 0 Å². The monoisotopic (exact) mass is 342 g/mol. The number of phenolic OH excluding ortho intramolecular Hbond substituents is 1. The lowest BCUT2D eigenvalue weighted by Gasteiger charge is -2.02. The number of hydrogen-bond donors (Lipinski definition) is 3. The number of nitrogens with one attached hydrogen (secondary N) is 1. The molecular weight excluding hydrogens is 328 g/mol. The van der Waals surface area contributed by atoms with Gasteiger partial charge in [-0.3, -0.25) is 4.79 Å². The summed E-state index contributed by atoms with van der Waals surface area (Å²) in [4.78, 5) is 12.3. The normalized spacial score (nSPS) is 11.1. The Hall–Kier alpha value is -3.76. The Balaban J connectivity index is 1.77. The quantitative estimate of drug-likeness (QED) is 0.440. The summed E-state index contributed by atoms with van der Waals surface area (Å²) in [6.07, 6.45) is 1.89. The fourth-order valence-electron chi connectivity index (χ4n) is 2.08. The molecule has 2 aromatic heterocycles. The number of amides is 1. The fourth-order valence-corrected chi connectivity index (χ4v) is 2.08. The van der Waals surface area contributed by atoms with Gasteiger partial charge in [-0.05, 0) is 46.6 Å². The minimum absolute atomic E-state index is 0.0388. The minimum Gasteiger partial charge on any atom is -0.508 e. The SMILES string of the molecule is CCc1c(C(=O)N/N=C/c2ccc(O)cc2)nnn1-c1nonc1N. The van der Waals surface area contributed by atoms with E-state index in [-0.39, 0.29) is 23.1 Å². The third kappa shape index (κ3) is 3.29. The largest absolute Gasteiger partial charge is 0.508 e. The lowest BCUT2D eigenvalue weighted by Crippen LogP contribution is -2.20. The summed E-state index contributed by atoms with van der Waals surface area (Å²) in [7, 11) is 0. The molecular formula is C14H14N8O3. The van der Waals surface area contributed by atoms with Gasteiger partial charge in [-0.25, -0.2) is 10.1 Å². The molecule has 128 valence electrons. The Kier molecular flexibility index (Phi) is 4.37. The molecule has 3 rings (SSSR count). The van der Waals surface area contributed by atoms with Crippen molar-refractivity contribution in [1.82, 2.24) is 30.7 Å². The number of benzene rings is 1. The zero-order valence-electron chi connectivity index (χ0n) is 13.1. The van der Waals surface area contributed by atoms with Crippen LogP contribution in [-0.4, -0.2) is 42.5 Å². The maximum absolute atomic E-state index is 12.3. The van der Waals surface area contributed by atoms with Gasteiger partial charge in [0.25, 0.3) is 5.91 Å². The van der Waals surface area contributed by atoms with E-state index in [1.807, 2.05) is 6.92 Å². The van der Waals surface area contributed by atoms with E-state index in [1.54, 1.807) is 12.1 Å². The highest BCUT2D eigenvalue weighted by molar-refractivity contribution is 5.94. The molecule has 0 fully saturated rings. The maximum atomic E-state index is 12.3. The molecule has 0 saturated carbocycles. The van der Waals surface area contributed by atoms with Gasteiger partial charge >= 0.3 is 0 Å². The molecule has 0 unspecified atom stereocenters. The molecule has 1 amide bonds. The Morgan fingerprint density at radius 2 is 2.16 bits per heavy atom. The van der Waals surface area contributed by atoms with E-state index in [2.05, 4.69) is 35.8 Å². The third-order valence-electron chi connectivity index (χ3n) is 3.28. The highest BCUT2D eigenvalue weighted by atomic mass is 16.6. The summed E-state index contributed by atoms with van der Waals surface area (Å²) >= 11 is 0. The van der Waals surface area contributed by atoms with Crippen LogP contribution in [0.4, 0.5) is 5.82 Å². The van der Waals surface area contributed by atoms with E-state index in [0.29, 0.717) is 17.7 Å². The highest BCUT2D eigenvalue weighted by Crippen LogP contribution is 2.16. The van der Waals surface area contributed by atoms with E-state index in [4.69, 9.17) is 5.73 Å². The Morgan fingerprint density at radius 3 is 2.80 bits per heavy atom. The molecule has 25 heavy (non-hydrogen) atoms. The lowest BCUT2D eigenvalue weighted by molar-refractivity contribution is 0.0949. The zero-order valence-corrected chi connectivity index (χ0v) is 13.1. The summed E-state index contributed by atoms with van der Waals surface area (Å²) in [5.41, 5.74) is 9.29. The molecule has 0 radical (unpaired) electrons. The number of nitrogens with two attached hydrogens (primary N) is 1. The molecule has 0 bridgehead atoms. The number of aromatic hydroxyl groups is 1. The predicted molar refractivity (Wildman–Crippen MR) is 86.2 cm³/mol. The Bertz CT molecular complexity index is 913. The van der Waals surface area contributed by atoms with Crippen molar-refractivity contribution < 1.29 is 14.5 Å². The first-order valence-corrected chi connectivity index (χ1v) is 7.25. The summed E-state index contributed by atoms with van der Waals surface area (Å²) in [5, 5.41) is 27.9. The Labute approximate surface area is 141 Å². The first-order chi connectivity index (χ1) is 12.1. The molecule has 2 heterocycles. The van der Waals surface area contributed by atoms with Gasteiger partial charge in [-0.1, -0.05) is 12.1 Å². The summed E-state index contributed by atoms with van der Waals surface area (Å²) in [6, 6.07) is 6.33. The zero-order chi connectivity index (χ0) is 17.8. The second kappa shape index (κ2) is 6.78. The van der Waals surface area contributed by atoms with Crippen molar-refractivity contribution in [2.75, 3.05) is 5.73 Å². The van der Waals surface area contributed by atoms with Crippen LogP contribution in [0.25, 0.3) is 5.82 Å². The van der Waals surface area contributed by atoms with Gasteiger partial charge in [0.15, 0.2) is 5.69 Å². The molecule has 0 atom stereocenters. The van der Waals surface area contributed by atoms with E-state index in [1.165, 1.54) is 23.0 Å². The number of nitrogens with zero attached hydrogens (tertiary/aromatic N) is 6. The average molecular weight is 342 g/mol. The van der Waals surface area contributed by atoms with Crippen molar-refractivity contribution in [3.05, 3.63) is 41.2 Å². The fraction of sp³-hybridized carbons (Fsp3) is 0.143. The van der Waals surface area contributed by atoms with Gasteiger partial charge < -0.3 is 10.8 Å². The van der Waals surface area contributed by atoms with Crippen LogP contribution in [0.15, 0.2) is 34.0 Å². The number of carbonyl (C=O) groups excluding carboxylic acids is 1. The molecule has 1 aromatic carbocycles. The third-order valence-corrected chi connectivity index (χ3v) is 3.28. The molecule has 4 N–H and O–H groups in total. The number of nitrogen functional groups attached to an aromatic ring is 1. The van der Waals surface area contributed by atoms with Gasteiger partial charge in [0, 0.05) is 0 Å². The first-order valence-electron chi connectivity index (χ1n) is 7.25. The topological polar surface area (TPSA) is 157 Å². The molecule has 11 nitrogen and oxygen atoms in total. The molecule has 0 aliphatic heterocycles. The molecule has 0 saturated heterocycles. The average Bonchev–Trinajstić information content (AvgIpc) is 3.21. The number of anilines is 1. The Morgan fingerprint density at radius 1 is 1.40 bits per heavy atom. The van der Waals surface area contributed by atoms with Crippen molar-refractivity contribution in [1.29, 1.82) is 0 Å². The summed E-state index contributed by atoms with van der Waals surface area (Å²) in [6.45, 7) is 1.83. The molecule has 0 aliphatic carbocycles. The van der Waals surface area contributed by atoms with Crippen molar-refractivity contribution >= 4 is 17.9 Å². The van der Waals surface area contributed by atoms with Gasteiger partial charge in [-0.15, -0.1) is 5.10 Å². The number of hydrogen-bond acceptors (Lipinski definition) is 9. The van der Waals surface area contributed by atoms with Crippen molar-refractivity contribution in [2.24, 2.45) is 5.10 Å². The van der Waals surface area contributed by atoms with Crippen LogP contribution in [0.2, 0.25) is 0 Å². The minimum atomic E-state index is -0.534. The lowest BCUT2D eigenvalue weighted by atomic mass is 10.2. The summed E-state index contributed by atoms with van der Waals surface area (Å²) < 4.78 is 5.83. The standard InChI is InChI=1S/C14H14N8O3/c1-2-10-11(17-21-22(10)13-12(15)19-25-20-13)14(24)18-16-7-8-3-5-9(23)6-4-8/h3-7,23H,2H2,1H3,(H2,15,19)(H,18,24)/b16-7+. The van der Waals surface area contributed by atoms with Crippen molar-refractivity contribution in [2.45, 2.75) is 13.3 Å². The van der Waals surface area contributed by atoms with Crippen LogP contribution in [0.3, 0.4) is 0 Å².